The Labute approximate surface area is 141 Å². The van der Waals surface area contributed by atoms with Crippen molar-refractivity contribution in [3.63, 3.8) is 0 Å². The minimum Gasteiger partial charge on any atom is -0.355 e. The van der Waals surface area contributed by atoms with Crippen LogP contribution >= 0.6 is 0 Å². The molecule has 1 saturated heterocycles. The number of hydrogen-bond acceptors (Lipinski definition) is 5. The van der Waals surface area contributed by atoms with Crippen LogP contribution in [0.5, 0.6) is 0 Å². The highest BCUT2D eigenvalue weighted by molar-refractivity contribution is 5.59. The standard InChI is InChI=1S/C18H20N6/c1-23-13-20-22-18(23)15-7-9-24(10-8-15)17-12-19-11-16(21-17)14-5-3-2-4-6-14/h2-6,11-13,15H,7-10H2,1H3. The lowest BCUT2D eigenvalue weighted by atomic mass is 9.96. The van der Waals surface area contributed by atoms with Gasteiger partial charge in [0, 0.05) is 31.6 Å². The molecule has 122 valence electrons. The van der Waals surface area contributed by atoms with Crippen LogP contribution in [0.1, 0.15) is 24.6 Å². The number of hydrogen-bond donors (Lipinski definition) is 0. The second-order valence-electron chi connectivity index (χ2n) is 6.19. The first-order valence-corrected chi connectivity index (χ1v) is 8.27. The number of benzene rings is 1. The molecule has 1 aliphatic rings. The first-order chi connectivity index (χ1) is 11.8. The van der Waals surface area contributed by atoms with E-state index in [0.29, 0.717) is 5.92 Å². The molecule has 3 heterocycles. The molecule has 2 aromatic heterocycles. The van der Waals surface area contributed by atoms with Gasteiger partial charge in [-0.15, -0.1) is 10.2 Å². The molecular weight excluding hydrogens is 300 g/mol. The fraction of sp³-hybridized carbons (Fsp3) is 0.333. The van der Waals surface area contributed by atoms with Crippen molar-refractivity contribution >= 4 is 5.82 Å². The smallest absolute Gasteiger partial charge is 0.147 e. The van der Waals surface area contributed by atoms with Crippen LogP contribution in [-0.2, 0) is 7.05 Å². The van der Waals surface area contributed by atoms with Gasteiger partial charge in [-0.2, -0.15) is 0 Å². The van der Waals surface area contributed by atoms with E-state index < -0.39 is 0 Å². The number of anilines is 1. The van der Waals surface area contributed by atoms with Gasteiger partial charge in [-0.25, -0.2) is 4.98 Å². The van der Waals surface area contributed by atoms with E-state index in [2.05, 4.69) is 32.2 Å². The highest BCUT2D eigenvalue weighted by atomic mass is 15.3. The fourth-order valence-corrected chi connectivity index (χ4v) is 3.28. The predicted octanol–water partition coefficient (Wildman–Crippen LogP) is 2.66. The van der Waals surface area contributed by atoms with Crippen LogP contribution in [0.4, 0.5) is 5.82 Å². The summed E-state index contributed by atoms with van der Waals surface area (Å²) in [4.78, 5) is 11.5. The molecule has 0 bridgehead atoms. The minimum atomic E-state index is 0.471. The molecule has 0 atom stereocenters. The summed E-state index contributed by atoms with van der Waals surface area (Å²) in [6, 6.07) is 10.2. The van der Waals surface area contributed by atoms with Gasteiger partial charge < -0.3 is 9.47 Å². The normalized spacial score (nSPS) is 15.6. The topological polar surface area (TPSA) is 59.7 Å². The van der Waals surface area contributed by atoms with Crippen molar-refractivity contribution in [2.24, 2.45) is 7.05 Å². The zero-order valence-corrected chi connectivity index (χ0v) is 13.7. The average molecular weight is 320 g/mol. The SMILES string of the molecule is Cn1cnnc1C1CCN(c2cncc(-c3ccccc3)n2)CC1. The first kappa shape index (κ1) is 14.8. The van der Waals surface area contributed by atoms with Gasteiger partial charge in [-0.3, -0.25) is 4.98 Å². The van der Waals surface area contributed by atoms with Crippen molar-refractivity contribution in [2.75, 3.05) is 18.0 Å². The lowest BCUT2D eigenvalue weighted by Crippen LogP contribution is -2.34. The quantitative estimate of drug-likeness (QED) is 0.742. The number of piperidine rings is 1. The Hall–Kier alpha value is -2.76. The van der Waals surface area contributed by atoms with E-state index >= 15 is 0 Å². The molecule has 0 amide bonds. The summed E-state index contributed by atoms with van der Waals surface area (Å²) in [6.07, 6.45) is 7.57. The summed E-state index contributed by atoms with van der Waals surface area (Å²) in [5, 5.41) is 8.25. The molecule has 0 spiro atoms. The molecule has 0 aliphatic carbocycles. The van der Waals surface area contributed by atoms with Crippen molar-refractivity contribution in [1.82, 2.24) is 24.7 Å². The second-order valence-corrected chi connectivity index (χ2v) is 6.19. The number of aromatic nitrogens is 5. The first-order valence-electron chi connectivity index (χ1n) is 8.27. The van der Waals surface area contributed by atoms with Crippen LogP contribution in [0, 0.1) is 0 Å². The lowest BCUT2D eigenvalue weighted by molar-refractivity contribution is 0.472. The van der Waals surface area contributed by atoms with E-state index in [9.17, 15) is 0 Å². The van der Waals surface area contributed by atoms with Crippen LogP contribution < -0.4 is 4.90 Å². The molecule has 6 heteroatoms. The molecule has 6 nitrogen and oxygen atoms in total. The van der Waals surface area contributed by atoms with Gasteiger partial charge in [0.15, 0.2) is 0 Å². The van der Waals surface area contributed by atoms with Crippen molar-refractivity contribution in [2.45, 2.75) is 18.8 Å². The van der Waals surface area contributed by atoms with Crippen LogP contribution in [-0.4, -0.2) is 37.8 Å². The van der Waals surface area contributed by atoms with Gasteiger partial charge >= 0.3 is 0 Å². The van der Waals surface area contributed by atoms with Gasteiger partial charge in [0.1, 0.15) is 18.0 Å². The largest absolute Gasteiger partial charge is 0.355 e. The molecule has 0 saturated carbocycles. The van der Waals surface area contributed by atoms with Gasteiger partial charge in [-0.1, -0.05) is 30.3 Å². The second kappa shape index (κ2) is 6.39. The van der Waals surface area contributed by atoms with Gasteiger partial charge in [0.05, 0.1) is 18.1 Å². The Morgan fingerprint density at radius 1 is 1.04 bits per heavy atom. The zero-order valence-electron chi connectivity index (χ0n) is 13.7. The molecule has 1 fully saturated rings. The predicted molar refractivity (Wildman–Crippen MR) is 92.7 cm³/mol. The van der Waals surface area contributed by atoms with E-state index in [-0.39, 0.29) is 0 Å². The van der Waals surface area contributed by atoms with Crippen LogP contribution in [0.3, 0.4) is 0 Å². The number of aryl methyl sites for hydroxylation is 1. The molecule has 3 aromatic rings. The van der Waals surface area contributed by atoms with E-state index in [1.165, 1.54) is 0 Å². The minimum absolute atomic E-state index is 0.471. The van der Waals surface area contributed by atoms with E-state index in [1.54, 1.807) is 6.33 Å². The molecule has 0 unspecified atom stereocenters. The summed E-state index contributed by atoms with van der Waals surface area (Å²) in [5.41, 5.74) is 2.02. The maximum Gasteiger partial charge on any atom is 0.147 e. The van der Waals surface area contributed by atoms with Crippen molar-refractivity contribution < 1.29 is 0 Å². The molecule has 0 N–H and O–H groups in total. The molecule has 1 aliphatic heterocycles. The third kappa shape index (κ3) is 2.87. The molecule has 1 aromatic carbocycles. The summed E-state index contributed by atoms with van der Waals surface area (Å²) in [6.45, 7) is 1.93. The maximum atomic E-state index is 4.80. The fourth-order valence-electron chi connectivity index (χ4n) is 3.28. The van der Waals surface area contributed by atoms with Crippen molar-refractivity contribution in [1.29, 1.82) is 0 Å². The number of nitrogens with zero attached hydrogens (tertiary/aromatic N) is 6. The van der Waals surface area contributed by atoms with Crippen LogP contribution in [0.2, 0.25) is 0 Å². The summed E-state index contributed by atoms with van der Waals surface area (Å²) in [5.74, 6) is 2.51. The zero-order chi connectivity index (χ0) is 16.4. The summed E-state index contributed by atoms with van der Waals surface area (Å²) >= 11 is 0. The third-order valence-electron chi connectivity index (χ3n) is 4.62. The Bertz CT molecular complexity index is 805. The lowest BCUT2D eigenvalue weighted by Gasteiger charge is -2.32. The van der Waals surface area contributed by atoms with E-state index in [4.69, 9.17) is 4.98 Å². The Balaban J connectivity index is 1.49. The molecular formula is C18H20N6. The van der Waals surface area contributed by atoms with Gasteiger partial charge in [0.2, 0.25) is 0 Å². The van der Waals surface area contributed by atoms with Crippen LogP contribution in [0.15, 0.2) is 49.1 Å². The van der Waals surface area contributed by atoms with E-state index in [0.717, 1.165) is 48.8 Å². The average Bonchev–Trinajstić information content (AvgIpc) is 3.09. The van der Waals surface area contributed by atoms with Gasteiger partial charge in [0.25, 0.3) is 0 Å². The highest BCUT2D eigenvalue weighted by Crippen LogP contribution is 2.29. The highest BCUT2D eigenvalue weighted by Gasteiger charge is 2.24. The van der Waals surface area contributed by atoms with Crippen molar-refractivity contribution in [3.8, 4) is 11.3 Å². The van der Waals surface area contributed by atoms with Crippen molar-refractivity contribution in [3.05, 3.63) is 54.9 Å². The van der Waals surface area contributed by atoms with E-state index in [1.807, 2.05) is 42.2 Å². The Morgan fingerprint density at radius 2 is 1.83 bits per heavy atom. The third-order valence-corrected chi connectivity index (χ3v) is 4.62. The monoisotopic (exact) mass is 320 g/mol. The Kier molecular flexibility index (Phi) is 3.94. The molecule has 0 radical (unpaired) electrons. The molecule has 24 heavy (non-hydrogen) atoms. The summed E-state index contributed by atoms with van der Waals surface area (Å²) in [7, 11) is 2.01. The van der Waals surface area contributed by atoms with Gasteiger partial charge in [-0.05, 0) is 12.8 Å². The Morgan fingerprint density at radius 3 is 2.54 bits per heavy atom. The van der Waals surface area contributed by atoms with Crippen LogP contribution in [0.25, 0.3) is 11.3 Å². The maximum absolute atomic E-state index is 4.80. The number of rotatable bonds is 3. The molecule has 4 rings (SSSR count). The summed E-state index contributed by atoms with van der Waals surface area (Å²) < 4.78 is 2.02.